The molecule has 10 nitrogen and oxygen atoms in total. The van der Waals surface area contributed by atoms with E-state index in [-0.39, 0.29) is 17.8 Å². The topological polar surface area (TPSA) is 120 Å². The first-order valence-corrected chi connectivity index (χ1v) is 11.0. The van der Waals surface area contributed by atoms with Crippen molar-refractivity contribution in [3.63, 3.8) is 0 Å². The number of oxime groups is 1. The molecule has 1 aromatic heterocycles. The quantitative estimate of drug-likeness (QED) is 0.449. The normalized spacial score (nSPS) is 19.1. The molecule has 1 aliphatic heterocycles. The minimum atomic E-state index is -4.50. The monoisotopic (exact) mass is 486 g/mol. The first kappa shape index (κ1) is 25.5. The number of anilines is 1. The van der Waals surface area contributed by atoms with Crippen LogP contribution < -0.4 is 10.2 Å². The third-order valence-electron chi connectivity index (χ3n) is 5.66. The summed E-state index contributed by atoms with van der Waals surface area (Å²) >= 11 is 0. The molecule has 2 unspecified atom stereocenters. The fraction of sp³-hybridized carbons (Fsp3) is 0.667. The summed E-state index contributed by atoms with van der Waals surface area (Å²) in [7, 11) is 0. The Balaban J connectivity index is 1.59. The first-order chi connectivity index (χ1) is 15.9. The Kier molecular flexibility index (Phi) is 7.51. The molecule has 188 valence electrons. The second kappa shape index (κ2) is 10.0. The lowest BCUT2D eigenvalue weighted by Gasteiger charge is -2.38. The molecule has 1 saturated carbocycles. The fourth-order valence-electron chi connectivity index (χ4n) is 3.53. The standard InChI is InChI=1S/C21H29F3N6O4/c1-20(2,3)16(34-27-12-15(13-4-5-13)28-19(32)33)17(31)29-6-8-30(9-7-29)18-25-10-14(11-26-18)21(22,23)24/h10-13,15-16,28H,4-9H2,1-3H3,(H,32,33)/b27-12+. The molecular formula is C21H29F3N6O4. The molecule has 0 bridgehead atoms. The van der Waals surface area contributed by atoms with Crippen molar-refractivity contribution >= 4 is 24.2 Å². The minimum absolute atomic E-state index is 0.172. The van der Waals surface area contributed by atoms with Crippen LogP contribution in [0.4, 0.5) is 23.9 Å². The number of alkyl halides is 3. The lowest BCUT2D eigenvalue weighted by atomic mass is 9.88. The number of carbonyl (C=O) groups is 2. The molecule has 0 spiro atoms. The number of halogens is 3. The zero-order chi connectivity index (χ0) is 25.1. The number of aromatic nitrogens is 2. The van der Waals surface area contributed by atoms with E-state index < -0.39 is 35.4 Å². The molecular weight excluding hydrogens is 457 g/mol. The fourth-order valence-corrected chi connectivity index (χ4v) is 3.53. The summed E-state index contributed by atoms with van der Waals surface area (Å²) in [6.07, 6.45) is -1.89. The summed E-state index contributed by atoms with van der Waals surface area (Å²) in [6, 6.07) is -0.472. The van der Waals surface area contributed by atoms with Gasteiger partial charge in [0.15, 0.2) is 0 Å². The van der Waals surface area contributed by atoms with Gasteiger partial charge in [0.05, 0.1) is 17.8 Å². The third kappa shape index (κ3) is 6.70. The Bertz CT molecular complexity index is 891. The minimum Gasteiger partial charge on any atom is -0.465 e. The van der Waals surface area contributed by atoms with Crippen molar-refractivity contribution in [3.8, 4) is 0 Å². The molecule has 2 N–H and O–H groups in total. The Labute approximate surface area is 195 Å². The van der Waals surface area contributed by atoms with Crippen molar-refractivity contribution in [2.75, 3.05) is 31.1 Å². The number of carbonyl (C=O) groups excluding carboxylic acids is 1. The Morgan fingerprint density at radius 3 is 2.24 bits per heavy atom. The van der Waals surface area contributed by atoms with Gasteiger partial charge in [-0.1, -0.05) is 25.9 Å². The molecule has 1 aromatic rings. The van der Waals surface area contributed by atoms with Gasteiger partial charge in [-0.3, -0.25) is 4.79 Å². The molecule has 2 amide bonds. The second-order valence-electron chi connectivity index (χ2n) is 9.50. The summed E-state index contributed by atoms with van der Waals surface area (Å²) in [5, 5.41) is 15.3. The van der Waals surface area contributed by atoms with Gasteiger partial charge >= 0.3 is 12.3 Å². The van der Waals surface area contributed by atoms with Gasteiger partial charge in [0.1, 0.15) is 0 Å². The van der Waals surface area contributed by atoms with Crippen LogP contribution in [0, 0.1) is 11.3 Å². The lowest BCUT2D eigenvalue weighted by Crippen LogP contribution is -2.54. The van der Waals surface area contributed by atoms with Crippen molar-refractivity contribution < 1.29 is 32.7 Å². The van der Waals surface area contributed by atoms with Crippen LogP contribution in [-0.2, 0) is 15.8 Å². The molecule has 1 aliphatic carbocycles. The maximum atomic E-state index is 13.2. The number of amides is 2. The van der Waals surface area contributed by atoms with Crippen molar-refractivity contribution in [1.82, 2.24) is 20.2 Å². The van der Waals surface area contributed by atoms with Crippen LogP contribution in [0.1, 0.15) is 39.2 Å². The van der Waals surface area contributed by atoms with Crippen molar-refractivity contribution in [2.24, 2.45) is 16.5 Å². The van der Waals surface area contributed by atoms with E-state index in [1.807, 2.05) is 20.8 Å². The summed E-state index contributed by atoms with van der Waals surface area (Å²) in [4.78, 5) is 40.7. The van der Waals surface area contributed by atoms with Crippen LogP contribution in [0.5, 0.6) is 0 Å². The smallest absolute Gasteiger partial charge is 0.419 e. The van der Waals surface area contributed by atoms with E-state index in [2.05, 4.69) is 20.4 Å². The summed E-state index contributed by atoms with van der Waals surface area (Å²) < 4.78 is 38.1. The lowest BCUT2D eigenvalue weighted by molar-refractivity contribution is -0.151. The number of piperazine rings is 1. The van der Waals surface area contributed by atoms with Crippen LogP contribution in [0.2, 0.25) is 0 Å². The maximum Gasteiger partial charge on any atom is 0.419 e. The highest BCUT2D eigenvalue weighted by Crippen LogP contribution is 2.32. The van der Waals surface area contributed by atoms with Gasteiger partial charge < -0.3 is 25.1 Å². The molecule has 13 heteroatoms. The van der Waals surface area contributed by atoms with Gasteiger partial charge in [-0.15, -0.1) is 0 Å². The van der Waals surface area contributed by atoms with Gasteiger partial charge in [-0.2, -0.15) is 13.2 Å². The number of nitrogens with one attached hydrogen (secondary N) is 1. The van der Waals surface area contributed by atoms with Gasteiger partial charge in [-0.05, 0) is 18.8 Å². The third-order valence-corrected chi connectivity index (χ3v) is 5.66. The van der Waals surface area contributed by atoms with E-state index in [1.165, 1.54) is 6.21 Å². The number of hydrogen-bond donors (Lipinski definition) is 2. The van der Waals surface area contributed by atoms with Crippen LogP contribution in [0.15, 0.2) is 17.5 Å². The molecule has 2 atom stereocenters. The molecule has 0 aromatic carbocycles. The summed E-state index contributed by atoms with van der Waals surface area (Å²) in [6.45, 7) is 6.84. The molecule has 2 heterocycles. The largest absolute Gasteiger partial charge is 0.465 e. The number of nitrogens with zero attached hydrogens (tertiary/aromatic N) is 5. The van der Waals surface area contributed by atoms with Crippen LogP contribution >= 0.6 is 0 Å². The molecule has 0 radical (unpaired) electrons. The van der Waals surface area contributed by atoms with E-state index >= 15 is 0 Å². The van der Waals surface area contributed by atoms with E-state index in [9.17, 15) is 22.8 Å². The van der Waals surface area contributed by atoms with E-state index in [0.29, 0.717) is 26.2 Å². The Morgan fingerprint density at radius 1 is 1.18 bits per heavy atom. The van der Waals surface area contributed by atoms with E-state index in [1.54, 1.807) is 9.80 Å². The number of carboxylic acid groups (broad SMARTS) is 1. The number of rotatable bonds is 7. The molecule has 3 rings (SSSR count). The predicted octanol–water partition coefficient (Wildman–Crippen LogP) is 2.61. The maximum absolute atomic E-state index is 13.2. The van der Waals surface area contributed by atoms with Crippen molar-refractivity contribution in [3.05, 3.63) is 18.0 Å². The highest BCUT2D eigenvalue weighted by molar-refractivity contribution is 5.82. The highest BCUT2D eigenvalue weighted by Gasteiger charge is 2.39. The molecule has 2 fully saturated rings. The average molecular weight is 486 g/mol. The highest BCUT2D eigenvalue weighted by atomic mass is 19.4. The molecule has 1 saturated heterocycles. The zero-order valence-corrected chi connectivity index (χ0v) is 19.2. The van der Waals surface area contributed by atoms with Gasteiger partial charge in [0.25, 0.3) is 5.91 Å². The molecule has 34 heavy (non-hydrogen) atoms. The van der Waals surface area contributed by atoms with Gasteiger partial charge in [-0.25, -0.2) is 14.8 Å². The van der Waals surface area contributed by atoms with E-state index in [4.69, 9.17) is 9.94 Å². The summed E-state index contributed by atoms with van der Waals surface area (Å²) in [5.41, 5.74) is -1.50. The SMILES string of the molecule is CC(C)(C)C(O/N=C/C(NC(=O)O)C1CC1)C(=O)N1CCN(c2ncc(C(F)(F)F)cn2)CC1. The average Bonchev–Trinajstić information content (AvgIpc) is 3.59. The number of hydrogen-bond acceptors (Lipinski definition) is 7. The molecule has 2 aliphatic rings. The first-order valence-electron chi connectivity index (χ1n) is 11.0. The Morgan fingerprint density at radius 2 is 1.76 bits per heavy atom. The zero-order valence-electron chi connectivity index (χ0n) is 19.2. The van der Waals surface area contributed by atoms with Gasteiger partial charge in [0.2, 0.25) is 12.1 Å². The van der Waals surface area contributed by atoms with Crippen LogP contribution in [-0.4, -0.2) is 76.5 Å². The van der Waals surface area contributed by atoms with Crippen molar-refractivity contribution in [2.45, 2.75) is 51.9 Å². The summed E-state index contributed by atoms with van der Waals surface area (Å²) in [5.74, 6) is 0.0740. The van der Waals surface area contributed by atoms with Crippen LogP contribution in [0.25, 0.3) is 0 Å². The van der Waals surface area contributed by atoms with Crippen LogP contribution in [0.3, 0.4) is 0 Å². The second-order valence-corrected chi connectivity index (χ2v) is 9.50. The van der Waals surface area contributed by atoms with Gasteiger partial charge in [0, 0.05) is 44.0 Å². The van der Waals surface area contributed by atoms with Crippen molar-refractivity contribution in [1.29, 1.82) is 0 Å². The Hall–Kier alpha value is -3.12. The van der Waals surface area contributed by atoms with E-state index in [0.717, 1.165) is 25.2 Å². The predicted molar refractivity (Wildman–Crippen MR) is 116 cm³/mol.